The Morgan fingerprint density at radius 2 is 2.12 bits per heavy atom. The summed E-state index contributed by atoms with van der Waals surface area (Å²) in [5, 5.41) is 8.61. The molecule has 0 aliphatic rings. The zero-order valence-electron chi connectivity index (χ0n) is 9.32. The highest BCUT2D eigenvalue weighted by atomic mass is 19.2. The third-order valence-corrected chi connectivity index (χ3v) is 2.11. The summed E-state index contributed by atoms with van der Waals surface area (Å²) in [6.45, 7) is -0.241. The minimum Gasteiger partial charge on any atom is -0.484 e. The molecule has 6 heteroatoms. The summed E-state index contributed by atoms with van der Waals surface area (Å²) < 4.78 is 30.4. The third kappa shape index (κ3) is 3.99. The number of carbonyl (C=O) groups is 1. The predicted molar refractivity (Wildman–Crippen MR) is 56.6 cm³/mol. The lowest BCUT2D eigenvalue weighted by atomic mass is 10.3. The highest BCUT2D eigenvalue weighted by Crippen LogP contribution is 2.15. The molecule has 0 aliphatic heterocycles. The first-order valence-electron chi connectivity index (χ1n) is 4.97. The van der Waals surface area contributed by atoms with E-state index in [1.165, 1.54) is 18.0 Å². The minimum atomic E-state index is -1.03. The molecule has 0 spiro atoms. The SMILES string of the molecule is CN(CCO)C(=O)COc1ccc(F)c(F)c1. The van der Waals surface area contributed by atoms with Crippen LogP contribution in [0.3, 0.4) is 0 Å². The molecule has 1 amide bonds. The van der Waals surface area contributed by atoms with Gasteiger partial charge in [-0.2, -0.15) is 0 Å². The van der Waals surface area contributed by atoms with E-state index < -0.39 is 11.6 Å². The zero-order valence-corrected chi connectivity index (χ0v) is 9.32. The molecule has 1 aromatic carbocycles. The Labute approximate surface area is 97.4 Å². The highest BCUT2D eigenvalue weighted by Gasteiger charge is 2.09. The fraction of sp³-hybridized carbons (Fsp3) is 0.364. The molecule has 0 heterocycles. The van der Waals surface area contributed by atoms with Crippen molar-refractivity contribution in [2.45, 2.75) is 0 Å². The molecule has 4 nitrogen and oxygen atoms in total. The maximum absolute atomic E-state index is 12.8. The van der Waals surface area contributed by atoms with Crippen LogP contribution in [0.5, 0.6) is 5.75 Å². The van der Waals surface area contributed by atoms with Crippen LogP contribution in [0.1, 0.15) is 0 Å². The molecule has 0 bridgehead atoms. The van der Waals surface area contributed by atoms with E-state index >= 15 is 0 Å². The van der Waals surface area contributed by atoms with E-state index in [1.54, 1.807) is 0 Å². The fourth-order valence-electron chi connectivity index (χ4n) is 1.10. The molecule has 0 unspecified atom stereocenters. The van der Waals surface area contributed by atoms with E-state index in [-0.39, 0.29) is 31.4 Å². The van der Waals surface area contributed by atoms with Crippen LogP contribution in [0.4, 0.5) is 8.78 Å². The van der Waals surface area contributed by atoms with E-state index in [2.05, 4.69) is 0 Å². The fourth-order valence-corrected chi connectivity index (χ4v) is 1.10. The number of hydrogen-bond acceptors (Lipinski definition) is 3. The largest absolute Gasteiger partial charge is 0.484 e. The van der Waals surface area contributed by atoms with Gasteiger partial charge in [-0.25, -0.2) is 8.78 Å². The number of rotatable bonds is 5. The molecule has 0 atom stereocenters. The summed E-state index contributed by atoms with van der Waals surface area (Å²) in [5.41, 5.74) is 0. The third-order valence-electron chi connectivity index (χ3n) is 2.11. The lowest BCUT2D eigenvalue weighted by Gasteiger charge is -2.15. The lowest BCUT2D eigenvalue weighted by Crippen LogP contribution is -2.33. The zero-order chi connectivity index (χ0) is 12.8. The van der Waals surface area contributed by atoms with Gasteiger partial charge in [0.15, 0.2) is 18.2 Å². The van der Waals surface area contributed by atoms with E-state index in [0.29, 0.717) is 0 Å². The van der Waals surface area contributed by atoms with Crippen LogP contribution in [0.2, 0.25) is 0 Å². The van der Waals surface area contributed by atoms with Crippen molar-refractivity contribution in [3.05, 3.63) is 29.8 Å². The van der Waals surface area contributed by atoms with Gasteiger partial charge in [0.05, 0.1) is 6.61 Å². The van der Waals surface area contributed by atoms with Crippen LogP contribution in [0.15, 0.2) is 18.2 Å². The van der Waals surface area contributed by atoms with Crippen LogP contribution in [0, 0.1) is 11.6 Å². The molecule has 94 valence electrons. The predicted octanol–water partition coefficient (Wildman–Crippen LogP) is 0.794. The molecular formula is C11H13F2NO3. The van der Waals surface area contributed by atoms with Crippen LogP contribution in [-0.4, -0.2) is 42.7 Å². The van der Waals surface area contributed by atoms with Crippen molar-refractivity contribution in [2.24, 2.45) is 0 Å². The quantitative estimate of drug-likeness (QED) is 0.834. The second-order valence-corrected chi connectivity index (χ2v) is 3.40. The number of nitrogens with zero attached hydrogens (tertiary/aromatic N) is 1. The summed E-state index contributed by atoms with van der Waals surface area (Å²) >= 11 is 0. The number of amides is 1. The van der Waals surface area contributed by atoms with Crippen molar-refractivity contribution in [3.63, 3.8) is 0 Å². The maximum Gasteiger partial charge on any atom is 0.260 e. The van der Waals surface area contributed by atoms with Crippen LogP contribution in [-0.2, 0) is 4.79 Å². The second-order valence-electron chi connectivity index (χ2n) is 3.40. The molecule has 1 rings (SSSR count). The van der Waals surface area contributed by atoms with Gasteiger partial charge >= 0.3 is 0 Å². The lowest BCUT2D eigenvalue weighted by molar-refractivity contribution is -0.132. The van der Waals surface area contributed by atoms with Crippen LogP contribution in [0.25, 0.3) is 0 Å². The Balaban J connectivity index is 2.50. The van der Waals surface area contributed by atoms with Crippen molar-refractivity contribution in [1.82, 2.24) is 4.90 Å². The number of benzene rings is 1. The standard InChI is InChI=1S/C11H13F2NO3/c1-14(4-5-15)11(16)7-17-8-2-3-9(12)10(13)6-8/h2-3,6,15H,4-5,7H2,1H3. The Hall–Kier alpha value is -1.69. The van der Waals surface area contributed by atoms with Crippen LogP contribution >= 0.6 is 0 Å². The van der Waals surface area contributed by atoms with Crippen molar-refractivity contribution < 1.29 is 23.4 Å². The summed E-state index contributed by atoms with van der Waals surface area (Å²) in [4.78, 5) is 12.7. The van der Waals surface area contributed by atoms with Gasteiger partial charge < -0.3 is 14.7 Å². The molecule has 0 aliphatic carbocycles. The Bertz CT molecular complexity index is 398. The first kappa shape index (κ1) is 13.4. The number of ether oxygens (including phenoxy) is 1. The maximum atomic E-state index is 12.8. The van der Waals surface area contributed by atoms with Crippen molar-refractivity contribution in [1.29, 1.82) is 0 Å². The molecule has 1 N–H and O–H groups in total. The normalized spacial score (nSPS) is 10.1. The number of halogens is 2. The van der Waals surface area contributed by atoms with E-state index in [9.17, 15) is 13.6 Å². The summed E-state index contributed by atoms with van der Waals surface area (Å²) in [6, 6.07) is 3.03. The van der Waals surface area contributed by atoms with Crippen molar-refractivity contribution in [3.8, 4) is 5.75 Å². The smallest absolute Gasteiger partial charge is 0.260 e. The first-order chi connectivity index (χ1) is 8.04. The van der Waals surface area contributed by atoms with Gasteiger partial charge in [-0.1, -0.05) is 0 Å². The molecule has 0 saturated carbocycles. The number of carbonyl (C=O) groups excluding carboxylic acids is 1. The Morgan fingerprint density at radius 1 is 1.41 bits per heavy atom. The van der Waals surface area contributed by atoms with Gasteiger partial charge in [-0.3, -0.25) is 4.79 Å². The highest BCUT2D eigenvalue weighted by molar-refractivity contribution is 5.77. The van der Waals surface area contributed by atoms with Crippen molar-refractivity contribution in [2.75, 3.05) is 26.8 Å². The molecule has 0 saturated heterocycles. The van der Waals surface area contributed by atoms with Gasteiger partial charge in [0, 0.05) is 19.7 Å². The van der Waals surface area contributed by atoms with E-state index in [0.717, 1.165) is 12.1 Å². The molecule has 0 aromatic heterocycles. The average Bonchev–Trinajstić information content (AvgIpc) is 2.30. The molecule has 17 heavy (non-hydrogen) atoms. The van der Waals surface area contributed by atoms with Gasteiger partial charge in [-0.15, -0.1) is 0 Å². The van der Waals surface area contributed by atoms with E-state index in [1.807, 2.05) is 0 Å². The Morgan fingerprint density at radius 3 is 2.71 bits per heavy atom. The van der Waals surface area contributed by atoms with Crippen LogP contribution < -0.4 is 4.74 Å². The number of aliphatic hydroxyl groups excluding tert-OH is 1. The Kier molecular flexibility index (Phi) is 4.84. The number of hydrogen-bond donors (Lipinski definition) is 1. The number of likely N-dealkylation sites (N-methyl/N-ethyl adjacent to an activating group) is 1. The molecule has 0 radical (unpaired) electrons. The summed E-state index contributed by atoms with van der Waals surface area (Å²) in [7, 11) is 1.51. The van der Waals surface area contributed by atoms with Gasteiger partial charge in [0.2, 0.25) is 0 Å². The average molecular weight is 245 g/mol. The van der Waals surface area contributed by atoms with Crippen molar-refractivity contribution >= 4 is 5.91 Å². The summed E-state index contributed by atoms with van der Waals surface area (Å²) in [6.07, 6.45) is 0. The van der Waals surface area contributed by atoms with Gasteiger partial charge in [-0.05, 0) is 12.1 Å². The topological polar surface area (TPSA) is 49.8 Å². The van der Waals surface area contributed by atoms with E-state index in [4.69, 9.17) is 9.84 Å². The molecular weight excluding hydrogens is 232 g/mol. The van der Waals surface area contributed by atoms with Gasteiger partial charge in [0.25, 0.3) is 5.91 Å². The summed E-state index contributed by atoms with van der Waals surface area (Å²) in [5.74, 6) is -2.28. The molecule has 0 fully saturated rings. The minimum absolute atomic E-state index is 0.0784. The van der Waals surface area contributed by atoms with Gasteiger partial charge in [0.1, 0.15) is 5.75 Å². The second kappa shape index (κ2) is 6.15. The molecule has 1 aromatic rings. The monoisotopic (exact) mass is 245 g/mol. The number of aliphatic hydroxyl groups is 1. The first-order valence-corrected chi connectivity index (χ1v) is 4.97.